The predicted molar refractivity (Wildman–Crippen MR) is 77.6 cm³/mol. The van der Waals surface area contributed by atoms with Crippen LogP contribution >= 0.6 is 15.9 Å². The lowest BCUT2D eigenvalue weighted by atomic mass is 10.1. The fourth-order valence-electron chi connectivity index (χ4n) is 1.73. The summed E-state index contributed by atoms with van der Waals surface area (Å²) < 4.78 is 26.1. The Morgan fingerprint density at radius 3 is 2.47 bits per heavy atom. The van der Waals surface area contributed by atoms with Gasteiger partial charge in [0.05, 0.1) is 21.8 Å². The average Bonchev–Trinajstić information content (AvgIpc) is 2.84. The smallest absolute Gasteiger partial charge is 0.199 e. The Kier molecular flexibility index (Phi) is 4.42. The first-order valence-electron chi connectivity index (χ1n) is 6.08. The van der Waals surface area contributed by atoms with E-state index in [1.165, 1.54) is 12.4 Å². The summed E-state index contributed by atoms with van der Waals surface area (Å²) in [7, 11) is -3.58. The molecule has 0 aliphatic rings. The predicted octanol–water partition coefficient (Wildman–Crippen LogP) is 3.23. The molecule has 0 saturated carbocycles. The number of unbranched alkanes of at least 4 members (excludes halogenated alkanes) is 1. The standard InChI is InChI=1S/C13H15BrN2O2S/c1-2-3-4-11-5-7-13(8-6-11)19(17,18)16-10-12(14)9-15-16/h5-10H,2-4H2,1H3. The molecule has 1 heterocycles. The molecule has 0 fully saturated rings. The summed E-state index contributed by atoms with van der Waals surface area (Å²) in [4.78, 5) is 0.253. The van der Waals surface area contributed by atoms with Gasteiger partial charge in [0.25, 0.3) is 10.0 Å². The Balaban J connectivity index is 2.26. The molecule has 0 aliphatic heterocycles. The Morgan fingerprint density at radius 2 is 1.95 bits per heavy atom. The van der Waals surface area contributed by atoms with Gasteiger partial charge in [0.1, 0.15) is 0 Å². The maximum Gasteiger partial charge on any atom is 0.282 e. The van der Waals surface area contributed by atoms with Crippen molar-refractivity contribution in [2.45, 2.75) is 31.1 Å². The Labute approximate surface area is 121 Å². The van der Waals surface area contributed by atoms with E-state index in [1.807, 2.05) is 12.1 Å². The van der Waals surface area contributed by atoms with Crippen LogP contribution in [0.15, 0.2) is 46.0 Å². The Bertz CT molecular complexity index is 648. The summed E-state index contributed by atoms with van der Waals surface area (Å²) >= 11 is 3.19. The van der Waals surface area contributed by atoms with Gasteiger partial charge in [-0.3, -0.25) is 0 Å². The van der Waals surface area contributed by atoms with E-state index in [0.29, 0.717) is 4.47 Å². The Hall–Kier alpha value is -1.14. The quantitative estimate of drug-likeness (QED) is 0.838. The number of benzene rings is 1. The molecule has 0 bridgehead atoms. The van der Waals surface area contributed by atoms with Gasteiger partial charge in [0.2, 0.25) is 0 Å². The normalized spacial score (nSPS) is 11.7. The number of aromatic nitrogens is 2. The molecule has 0 saturated heterocycles. The number of rotatable bonds is 5. The molecule has 0 amide bonds. The molecule has 4 nitrogen and oxygen atoms in total. The van der Waals surface area contributed by atoms with E-state index < -0.39 is 10.0 Å². The first-order chi connectivity index (χ1) is 9.04. The van der Waals surface area contributed by atoms with Crippen LogP contribution in [0.1, 0.15) is 25.3 Å². The largest absolute Gasteiger partial charge is 0.282 e. The molecule has 102 valence electrons. The summed E-state index contributed by atoms with van der Waals surface area (Å²) in [6.07, 6.45) is 6.09. The molecule has 0 radical (unpaired) electrons. The first kappa shape index (κ1) is 14.3. The van der Waals surface area contributed by atoms with Crippen LogP contribution in [-0.2, 0) is 16.4 Å². The van der Waals surface area contributed by atoms with Gasteiger partial charge in [-0.2, -0.15) is 17.6 Å². The summed E-state index contributed by atoms with van der Waals surface area (Å²) in [6, 6.07) is 6.99. The van der Waals surface area contributed by atoms with Gasteiger partial charge in [0, 0.05) is 0 Å². The highest BCUT2D eigenvalue weighted by atomic mass is 79.9. The van der Waals surface area contributed by atoms with Gasteiger partial charge in [-0.1, -0.05) is 25.5 Å². The third-order valence-electron chi connectivity index (χ3n) is 2.82. The van der Waals surface area contributed by atoms with Crippen molar-refractivity contribution >= 4 is 26.0 Å². The van der Waals surface area contributed by atoms with Crippen LogP contribution in [-0.4, -0.2) is 17.6 Å². The van der Waals surface area contributed by atoms with Crippen LogP contribution < -0.4 is 0 Å². The highest BCUT2D eigenvalue weighted by Gasteiger charge is 2.17. The van der Waals surface area contributed by atoms with Crippen LogP contribution in [0.25, 0.3) is 0 Å². The molecular formula is C13H15BrN2O2S. The van der Waals surface area contributed by atoms with Gasteiger partial charge in [-0.25, -0.2) is 0 Å². The average molecular weight is 343 g/mol. The van der Waals surface area contributed by atoms with Gasteiger partial charge in [-0.15, -0.1) is 0 Å². The second-order valence-corrected chi connectivity index (χ2v) is 6.99. The number of halogens is 1. The summed E-state index contributed by atoms with van der Waals surface area (Å²) in [5.74, 6) is 0. The molecule has 1 aromatic heterocycles. The molecule has 6 heteroatoms. The van der Waals surface area contributed by atoms with Crippen LogP contribution in [0.2, 0.25) is 0 Å². The van der Waals surface area contributed by atoms with E-state index in [9.17, 15) is 8.42 Å². The van der Waals surface area contributed by atoms with Crippen LogP contribution in [0.3, 0.4) is 0 Å². The molecule has 0 spiro atoms. The monoisotopic (exact) mass is 342 g/mol. The molecule has 0 N–H and O–H groups in total. The van der Waals surface area contributed by atoms with Crippen molar-refractivity contribution in [3.8, 4) is 0 Å². The molecule has 0 atom stereocenters. The minimum absolute atomic E-state index is 0.253. The van der Waals surface area contributed by atoms with Gasteiger partial charge < -0.3 is 0 Å². The van der Waals surface area contributed by atoms with Crippen molar-refractivity contribution in [1.82, 2.24) is 9.19 Å². The molecule has 2 aromatic rings. The van der Waals surface area contributed by atoms with Gasteiger partial charge >= 0.3 is 0 Å². The minimum Gasteiger partial charge on any atom is -0.199 e. The van der Waals surface area contributed by atoms with Gasteiger partial charge in [-0.05, 0) is 46.5 Å². The van der Waals surface area contributed by atoms with E-state index >= 15 is 0 Å². The highest BCUT2D eigenvalue weighted by Crippen LogP contribution is 2.17. The number of nitrogens with zero attached hydrogens (tertiary/aromatic N) is 2. The van der Waals surface area contributed by atoms with Crippen molar-refractivity contribution in [2.75, 3.05) is 0 Å². The van der Waals surface area contributed by atoms with E-state index in [-0.39, 0.29) is 4.90 Å². The SMILES string of the molecule is CCCCc1ccc(S(=O)(=O)n2cc(Br)cn2)cc1. The second-order valence-electron chi connectivity index (χ2n) is 4.28. The number of hydrogen-bond donors (Lipinski definition) is 0. The summed E-state index contributed by atoms with van der Waals surface area (Å²) in [5, 5.41) is 3.82. The van der Waals surface area contributed by atoms with Crippen LogP contribution in [0.5, 0.6) is 0 Å². The van der Waals surface area contributed by atoms with E-state index in [1.54, 1.807) is 12.1 Å². The molecule has 19 heavy (non-hydrogen) atoms. The molecule has 0 unspecified atom stereocenters. The molecule has 1 aromatic carbocycles. The van der Waals surface area contributed by atoms with E-state index in [0.717, 1.165) is 28.9 Å². The maximum atomic E-state index is 12.3. The van der Waals surface area contributed by atoms with E-state index in [4.69, 9.17) is 0 Å². The van der Waals surface area contributed by atoms with Crippen LogP contribution in [0, 0.1) is 0 Å². The zero-order valence-corrected chi connectivity index (χ0v) is 13.0. The lowest BCUT2D eigenvalue weighted by Gasteiger charge is -2.05. The summed E-state index contributed by atoms with van der Waals surface area (Å²) in [5.41, 5.74) is 1.16. The molecule has 2 rings (SSSR count). The van der Waals surface area contributed by atoms with Crippen molar-refractivity contribution in [2.24, 2.45) is 0 Å². The van der Waals surface area contributed by atoms with Crippen molar-refractivity contribution in [3.05, 3.63) is 46.7 Å². The number of hydrogen-bond acceptors (Lipinski definition) is 3. The minimum atomic E-state index is -3.58. The lowest BCUT2D eigenvalue weighted by molar-refractivity contribution is 0.580. The van der Waals surface area contributed by atoms with Crippen LogP contribution in [0.4, 0.5) is 0 Å². The van der Waals surface area contributed by atoms with Gasteiger partial charge in [0.15, 0.2) is 0 Å². The highest BCUT2D eigenvalue weighted by molar-refractivity contribution is 9.10. The zero-order chi connectivity index (χ0) is 13.9. The third kappa shape index (κ3) is 3.25. The second kappa shape index (κ2) is 5.88. The summed E-state index contributed by atoms with van der Waals surface area (Å²) in [6.45, 7) is 2.13. The topological polar surface area (TPSA) is 52.0 Å². The zero-order valence-electron chi connectivity index (χ0n) is 10.6. The number of aryl methyl sites for hydroxylation is 1. The maximum absolute atomic E-state index is 12.3. The fraction of sp³-hybridized carbons (Fsp3) is 0.308. The van der Waals surface area contributed by atoms with Crippen molar-refractivity contribution in [3.63, 3.8) is 0 Å². The molecular weight excluding hydrogens is 328 g/mol. The van der Waals surface area contributed by atoms with E-state index in [2.05, 4.69) is 28.0 Å². The first-order valence-corrected chi connectivity index (χ1v) is 8.32. The molecule has 0 aliphatic carbocycles. The lowest BCUT2D eigenvalue weighted by Crippen LogP contribution is -2.13. The van der Waals surface area contributed by atoms with Crippen molar-refractivity contribution in [1.29, 1.82) is 0 Å². The van der Waals surface area contributed by atoms with Crippen molar-refractivity contribution < 1.29 is 8.42 Å². The Morgan fingerprint density at radius 1 is 1.26 bits per heavy atom. The third-order valence-corrected chi connectivity index (χ3v) is 4.78. The fourth-order valence-corrected chi connectivity index (χ4v) is 3.27.